The van der Waals surface area contributed by atoms with Crippen LogP contribution in [0.2, 0.25) is 0 Å². The number of ether oxygens (including phenoxy) is 1. The molecule has 1 heterocycles. The second-order valence-electron chi connectivity index (χ2n) is 3.53. The van der Waals surface area contributed by atoms with Gasteiger partial charge >= 0.3 is 5.97 Å². The van der Waals surface area contributed by atoms with Gasteiger partial charge in [0.1, 0.15) is 23.8 Å². The molecule has 2 rings (SSSR count). The highest BCUT2D eigenvalue weighted by Crippen LogP contribution is 2.27. The molecule has 0 aliphatic rings. The summed E-state index contributed by atoms with van der Waals surface area (Å²) in [7, 11) is 0. The summed E-state index contributed by atoms with van der Waals surface area (Å²) in [5.74, 6) is -0.545. The maximum absolute atomic E-state index is 10.6. The van der Waals surface area contributed by atoms with Crippen LogP contribution in [0.5, 0.6) is 5.75 Å². The van der Waals surface area contributed by atoms with Crippen LogP contribution in [-0.2, 0) is 11.4 Å². The fourth-order valence-electron chi connectivity index (χ4n) is 1.44. The topological polar surface area (TPSA) is 89.1 Å². The summed E-state index contributed by atoms with van der Waals surface area (Å²) in [5.41, 5.74) is 0.350. The van der Waals surface area contributed by atoms with Crippen molar-refractivity contribution < 1.29 is 23.8 Å². The van der Waals surface area contributed by atoms with Gasteiger partial charge in [0.05, 0.1) is 0 Å². The van der Waals surface area contributed by atoms with E-state index in [1.807, 2.05) is 0 Å². The Morgan fingerprint density at radius 2 is 2.11 bits per heavy atom. The van der Waals surface area contributed by atoms with Gasteiger partial charge in [-0.05, 0) is 24.3 Å². The van der Waals surface area contributed by atoms with Crippen LogP contribution in [0, 0.1) is 0 Å². The molecule has 1 aromatic heterocycles. The van der Waals surface area contributed by atoms with Crippen molar-refractivity contribution >= 4 is 17.7 Å². The third-order valence-electron chi connectivity index (χ3n) is 2.27. The van der Waals surface area contributed by atoms with Crippen molar-refractivity contribution in [1.29, 1.82) is 0 Å². The normalized spacial score (nSPS) is 9.68. The molecule has 6 nitrogen and oxygen atoms in total. The molecular formula is C13H9NO5. The summed E-state index contributed by atoms with van der Waals surface area (Å²) >= 11 is 0. The number of carbonyl (C=O) groups is 1. The third-order valence-corrected chi connectivity index (χ3v) is 2.27. The third kappa shape index (κ3) is 3.08. The number of rotatable bonds is 5. The van der Waals surface area contributed by atoms with E-state index in [-0.39, 0.29) is 12.4 Å². The maximum Gasteiger partial charge on any atom is 0.371 e. The average Bonchev–Trinajstić information content (AvgIpc) is 2.87. The van der Waals surface area contributed by atoms with E-state index >= 15 is 0 Å². The molecule has 0 atom stereocenters. The minimum Gasteiger partial charge on any atom is -0.483 e. The van der Waals surface area contributed by atoms with Gasteiger partial charge in [0.15, 0.2) is 0 Å². The number of isocyanates is 1. The Hall–Kier alpha value is -2.85. The number of carbonyl (C=O) groups excluding carboxylic acids is 1. The van der Waals surface area contributed by atoms with Gasteiger partial charge in [-0.25, -0.2) is 9.59 Å². The molecule has 0 spiro atoms. The lowest BCUT2D eigenvalue weighted by Crippen LogP contribution is -1.95. The number of benzene rings is 1. The molecular weight excluding hydrogens is 250 g/mol. The molecule has 0 amide bonds. The number of para-hydroxylation sites is 2. The Balaban J connectivity index is 2.09. The number of aliphatic imine (C=N–C) groups is 1. The fraction of sp³-hybridized carbons (Fsp3) is 0.0769. The van der Waals surface area contributed by atoms with E-state index in [1.165, 1.54) is 18.2 Å². The number of hydrogen-bond acceptors (Lipinski definition) is 5. The molecule has 0 saturated carbocycles. The first kappa shape index (κ1) is 12.6. The zero-order valence-corrected chi connectivity index (χ0v) is 9.70. The van der Waals surface area contributed by atoms with Crippen molar-refractivity contribution in [1.82, 2.24) is 0 Å². The largest absolute Gasteiger partial charge is 0.483 e. The van der Waals surface area contributed by atoms with E-state index in [0.29, 0.717) is 17.2 Å². The molecule has 0 fully saturated rings. The highest BCUT2D eigenvalue weighted by molar-refractivity contribution is 5.84. The fourth-order valence-corrected chi connectivity index (χ4v) is 1.44. The standard InChI is InChI=1S/C13H9NO5/c15-8-14-10-3-1-2-4-11(10)18-7-9-5-6-12(19-9)13(16)17/h1-6H,7H2,(H,16,17). The van der Waals surface area contributed by atoms with Crippen molar-refractivity contribution in [2.45, 2.75) is 6.61 Å². The summed E-state index contributed by atoms with van der Waals surface area (Å²) in [4.78, 5) is 24.4. The lowest BCUT2D eigenvalue weighted by Gasteiger charge is -2.05. The number of hydrogen-bond donors (Lipinski definition) is 1. The molecule has 2 aromatic rings. The Morgan fingerprint density at radius 3 is 2.79 bits per heavy atom. The second kappa shape index (κ2) is 5.66. The van der Waals surface area contributed by atoms with Gasteiger partial charge in [-0.15, -0.1) is 0 Å². The van der Waals surface area contributed by atoms with E-state index < -0.39 is 5.97 Å². The molecule has 0 bridgehead atoms. The first-order chi connectivity index (χ1) is 9.20. The van der Waals surface area contributed by atoms with Gasteiger partial charge < -0.3 is 14.3 Å². The van der Waals surface area contributed by atoms with Gasteiger partial charge in [0, 0.05) is 0 Å². The minimum atomic E-state index is -1.14. The molecule has 0 aliphatic carbocycles. The summed E-state index contributed by atoms with van der Waals surface area (Å²) in [6.45, 7) is 0.0403. The molecule has 0 unspecified atom stereocenters. The molecule has 0 saturated heterocycles. The summed E-state index contributed by atoms with van der Waals surface area (Å²) in [6.07, 6.45) is 1.44. The highest BCUT2D eigenvalue weighted by atomic mass is 16.5. The van der Waals surface area contributed by atoms with Gasteiger partial charge in [-0.2, -0.15) is 4.99 Å². The quantitative estimate of drug-likeness (QED) is 0.658. The number of nitrogens with zero attached hydrogens (tertiary/aromatic N) is 1. The first-order valence-electron chi connectivity index (χ1n) is 5.32. The summed E-state index contributed by atoms with van der Waals surface area (Å²) in [5, 5.41) is 8.70. The molecule has 6 heteroatoms. The van der Waals surface area contributed by atoms with Crippen molar-refractivity contribution in [3.63, 3.8) is 0 Å². The lowest BCUT2D eigenvalue weighted by atomic mass is 10.3. The second-order valence-corrected chi connectivity index (χ2v) is 3.53. The van der Waals surface area contributed by atoms with Gasteiger partial charge in [-0.1, -0.05) is 12.1 Å². The predicted molar refractivity (Wildman–Crippen MR) is 64.2 cm³/mol. The summed E-state index contributed by atoms with van der Waals surface area (Å²) < 4.78 is 10.4. The molecule has 96 valence electrons. The number of aromatic carboxylic acids is 1. The van der Waals surface area contributed by atoms with Crippen LogP contribution < -0.4 is 4.74 Å². The molecule has 1 N–H and O–H groups in total. The van der Waals surface area contributed by atoms with Gasteiger partial charge in [0.25, 0.3) is 0 Å². The van der Waals surface area contributed by atoms with Crippen LogP contribution >= 0.6 is 0 Å². The number of carboxylic acid groups (broad SMARTS) is 1. The van der Waals surface area contributed by atoms with Crippen LogP contribution in [0.4, 0.5) is 5.69 Å². The Bertz CT molecular complexity index is 640. The zero-order chi connectivity index (χ0) is 13.7. The Labute approximate surface area is 108 Å². The van der Waals surface area contributed by atoms with E-state index in [2.05, 4.69) is 4.99 Å². The smallest absolute Gasteiger partial charge is 0.371 e. The van der Waals surface area contributed by atoms with Gasteiger partial charge in [0.2, 0.25) is 11.8 Å². The maximum atomic E-state index is 10.6. The van der Waals surface area contributed by atoms with Crippen LogP contribution in [0.15, 0.2) is 45.8 Å². The molecule has 19 heavy (non-hydrogen) atoms. The van der Waals surface area contributed by atoms with Crippen LogP contribution in [-0.4, -0.2) is 17.2 Å². The van der Waals surface area contributed by atoms with Gasteiger partial charge in [-0.3, -0.25) is 0 Å². The van der Waals surface area contributed by atoms with Crippen molar-refractivity contribution in [2.75, 3.05) is 0 Å². The van der Waals surface area contributed by atoms with Crippen LogP contribution in [0.3, 0.4) is 0 Å². The SMILES string of the molecule is O=C=Nc1ccccc1OCc1ccc(C(=O)O)o1. The molecule has 0 aliphatic heterocycles. The van der Waals surface area contributed by atoms with Crippen molar-refractivity contribution in [3.8, 4) is 5.75 Å². The van der Waals surface area contributed by atoms with E-state index in [4.69, 9.17) is 14.3 Å². The molecule has 1 aromatic carbocycles. The van der Waals surface area contributed by atoms with Crippen LogP contribution in [0.1, 0.15) is 16.3 Å². The predicted octanol–water partition coefficient (Wildman–Crippen LogP) is 2.52. The first-order valence-corrected chi connectivity index (χ1v) is 5.32. The number of furan rings is 1. The average molecular weight is 259 g/mol. The lowest BCUT2D eigenvalue weighted by molar-refractivity contribution is 0.0658. The monoisotopic (exact) mass is 259 g/mol. The minimum absolute atomic E-state index is 0.0403. The van der Waals surface area contributed by atoms with Crippen molar-refractivity contribution in [3.05, 3.63) is 47.9 Å². The number of carboxylic acids is 1. The van der Waals surface area contributed by atoms with Crippen molar-refractivity contribution in [2.24, 2.45) is 4.99 Å². The Morgan fingerprint density at radius 1 is 1.32 bits per heavy atom. The Kier molecular flexibility index (Phi) is 3.75. The van der Waals surface area contributed by atoms with E-state index in [1.54, 1.807) is 24.3 Å². The highest BCUT2D eigenvalue weighted by Gasteiger charge is 2.10. The zero-order valence-electron chi connectivity index (χ0n) is 9.70. The van der Waals surface area contributed by atoms with E-state index in [9.17, 15) is 9.59 Å². The van der Waals surface area contributed by atoms with Crippen LogP contribution in [0.25, 0.3) is 0 Å². The molecule has 0 radical (unpaired) electrons. The van der Waals surface area contributed by atoms with E-state index in [0.717, 1.165) is 0 Å². The summed E-state index contributed by atoms with van der Waals surface area (Å²) in [6, 6.07) is 9.52.